The molecule has 1 rings (SSSR count). The maximum Gasteiger partial charge on any atom is 0.251 e. The van der Waals surface area contributed by atoms with E-state index in [-0.39, 0.29) is 6.54 Å². The molecule has 0 aromatic carbocycles. The summed E-state index contributed by atoms with van der Waals surface area (Å²) in [6.07, 6.45) is 0.883. The van der Waals surface area contributed by atoms with Gasteiger partial charge in [0.15, 0.2) is 0 Å². The summed E-state index contributed by atoms with van der Waals surface area (Å²) < 4.78 is 24.1. The molecule has 0 spiro atoms. The molecule has 0 saturated carbocycles. The number of nitrogens with one attached hydrogen (secondary N) is 1. The molecule has 1 heterocycles. The van der Waals surface area contributed by atoms with Gasteiger partial charge in [0, 0.05) is 13.1 Å². The van der Waals surface area contributed by atoms with Crippen molar-refractivity contribution in [3.05, 3.63) is 18.1 Å². The van der Waals surface area contributed by atoms with Gasteiger partial charge in [-0.15, -0.1) is 0 Å². The fourth-order valence-electron chi connectivity index (χ4n) is 1.29. The van der Waals surface area contributed by atoms with Crippen LogP contribution in [0.2, 0.25) is 0 Å². The smallest absolute Gasteiger partial charge is 0.251 e. The molecule has 1 aromatic rings. The van der Waals surface area contributed by atoms with E-state index in [1.165, 1.54) is 4.90 Å². The molecule has 4 nitrogen and oxygen atoms in total. The van der Waals surface area contributed by atoms with Crippen molar-refractivity contribution in [2.75, 3.05) is 25.5 Å². The Bertz CT molecular complexity index is 302. The van der Waals surface area contributed by atoms with Crippen molar-refractivity contribution in [1.82, 2.24) is 14.9 Å². The third-order valence-corrected chi connectivity index (χ3v) is 1.94. The van der Waals surface area contributed by atoms with Gasteiger partial charge in [0.1, 0.15) is 5.82 Å². The molecule has 0 aliphatic rings. The van der Waals surface area contributed by atoms with Crippen LogP contribution in [0.3, 0.4) is 0 Å². The summed E-state index contributed by atoms with van der Waals surface area (Å²) in [5, 5.41) is 3.01. The average molecular weight is 230 g/mol. The highest BCUT2D eigenvalue weighted by molar-refractivity contribution is 5.30. The van der Waals surface area contributed by atoms with Crippen LogP contribution in [0.4, 0.5) is 14.6 Å². The van der Waals surface area contributed by atoms with Gasteiger partial charge in [0.25, 0.3) is 6.43 Å². The Morgan fingerprint density at radius 2 is 2.12 bits per heavy atom. The van der Waals surface area contributed by atoms with E-state index in [9.17, 15) is 8.78 Å². The lowest BCUT2D eigenvalue weighted by Crippen LogP contribution is -2.24. The van der Waals surface area contributed by atoms with E-state index in [0.29, 0.717) is 18.1 Å². The standard InChI is InChI=1S/C10H16F2N4/c1-3-13-10-5-14-8(4-15-10)6-16(2)7-9(11)12/h4-5,9H,3,6-7H2,1-2H3,(H,13,15). The molecule has 0 unspecified atom stereocenters. The van der Waals surface area contributed by atoms with Crippen molar-refractivity contribution in [2.45, 2.75) is 19.9 Å². The van der Waals surface area contributed by atoms with Crippen molar-refractivity contribution in [2.24, 2.45) is 0 Å². The molecule has 0 atom stereocenters. The number of hydrogen-bond acceptors (Lipinski definition) is 4. The molecule has 0 aliphatic heterocycles. The van der Waals surface area contributed by atoms with Gasteiger partial charge in [-0.25, -0.2) is 13.8 Å². The van der Waals surface area contributed by atoms with Gasteiger partial charge in [-0.1, -0.05) is 0 Å². The zero-order chi connectivity index (χ0) is 12.0. The van der Waals surface area contributed by atoms with Gasteiger partial charge < -0.3 is 5.32 Å². The first-order valence-electron chi connectivity index (χ1n) is 5.13. The third-order valence-electron chi connectivity index (χ3n) is 1.94. The van der Waals surface area contributed by atoms with Crippen molar-refractivity contribution < 1.29 is 8.78 Å². The van der Waals surface area contributed by atoms with E-state index in [0.717, 1.165) is 6.54 Å². The lowest BCUT2D eigenvalue weighted by molar-refractivity contribution is 0.0970. The molecule has 90 valence electrons. The highest BCUT2D eigenvalue weighted by Crippen LogP contribution is 2.04. The maximum absolute atomic E-state index is 12.1. The van der Waals surface area contributed by atoms with Gasteiger partial charge in [0.05, 0.1) is 24.6 Å². The number of halogens is 2. The van der Waals surface area contributed by atoms with Crippen LogP contribution in [-0.2, 0) is 6.54 Å². The molecule has 16 heavy (non-hydrogen) atoms. The molecule has 6 heteroatoms. The van der Waals surface area contributed by atoms with E-state index in [2.05, 4.69) is 15.3 Å². The topological polar surface area (TPSA) is 41.1 Å². The molecule has 0 radical (unpaired) electrons. The van der Waals surface area contributed by atoms with Gasteiger partial charge in [-0.2, -0.15) is 0 Å². The summed E-state index contributed by atoms with van der Waals surface area (Å²) in [6, 6.07) is 0. The Kier molecular flexibility index (Phi) is 5.04. The van der Waals surface area contributed by atoms with E-state index in [1.54, 1.807) is 19.4 Å². The highest BCUT2D eigenvalue weighted by Gasteiger charge is 2.08. The van der Waals surface area contributed by atoms with Crippen LogP contribution < -0.4 is 5.32 Å². The molecule has 0 amide bonds. The largest absolute Gasteiger partial charge is 0.369 e. The SMILES string of the molecule is CCNc1cnc(CN(C)CC(F)F)cn1. The Morgan fingerprint density at radius 1 is 1.38 bits per heavy atom. The zero-order valence-electron chi connectivity index (χ0n) is 9.45. The second kappa shape index (κ2) is 6.32. The van der Waals surface area contributed by atoms with Crippen LogP contribution in [0.1, 0.15) is 12.6 Å². The predicted octanol–water partition coefficient (Wildman–Crippen LogP) is 1.61. The first-order chi connectivity index (χ1) is 7.61. The minimum atomic E-state index is -2.32. The normalized spacial score (nSPS) is 11.1. The summed E-state index contributed by atoms with van der Waals surface area (Å²) in [5.41, 5.74) is 0.685. The molecule has 1 aromatic heterocycles. The number of rotatable bonds is 6. The highest BCUT2D eigenvalue weighted by atomic mass is 19.3. The molecular weight excluding hydrogens is 214 g/mol. The Balaban J connectivity index is 2.48. The second-order valence-electron chi connectivity index (χ2n) is 3.51. The minimum absolute atomic E-state index is 0.253. The predicted molar refractivity (Wildman–Crippen MR) is 58.5 cm³/mol. The molecule has 0 aliphatic carbocycles. The average Bonchev–Trinajstić information content (AvgIpc) is 2.20. The summed E-state index contributed by atoms with van der Waals surface area (Å²) in [6.45, 7) is 2.87. The summed E-state index contributed by atoms with van der Waals surface area (Å²) in [5.74, 6) is 0.697. The quantitative estimate of drug-likeness (QED) is 0.806. The Labute approximate surface area is 93.7 Å². The summed E-state index contributed by atoms with van der Waals surface area (Å²) in [7, 11) is 1.63. The summed E-state index contributed by atoms with van der Waals surface area (Å²) in [4.78, 5) is 9.76. The van der Waals surface area contributed by atoms with Crippen LogP contribution in [0.25, 0.3) is 0 Å². The van der Waals surface area contributed by atoms with Gasteiger partial charge in [0.2, 0.25) is 0 Å². The molecular formula is C10H16F2N4. The first kappa shape index (κ1) is 12.8. The number of aromatic nitrogens is 2. The van der Waals surface area contributed by atoms with E-state index in [4.69, 9.17) is 0 Å². The molecule has 0 bridgehead atoms. The molecule has 1 N–H and O–H groups in total. The maximum atomic E-state index is 12.1. The first-order valence-corrected chi connectivity index (χ1v) is 5.13. The molecule has 0 saturated heterocycles. The fraction of sp³-hybridized carbons (Fsp3) is 0.600. The van der Waals surface area contributed by atoms with Crippen LogP contribution in [-0.4, -0.2) is 41.4 Å². The monoisotopic (exact) mass is 230 g/mol. The van der Waals surface area contributed by atoms with Gasteiger partial charge in [-0.3, -0.25) is 9.88 Å². The van der Waals surface area contributed by atoms with Crippen molar-refractivity contribution in [3.8, 4) is 0 Å². The fourth-order valence-corrected chi connectivity index (χ4v) is 1.29. The van der Waals surface area contributed by atoms with Gasteiger partial charge in [-0.05, 0) is 14.0 Å². The minimum Gasteiger partial charge on any atom is -0.369 e. The number of anilines is 1. The van der Waals surface area contributed by atoms with Gasteiger partial charge >= 0.3 is 0 Å². The lowest BCUT2D eigenvalue weighted by atomic mass is 10.4. The summed E-state index contributed by atoms with van der Waals surface area (Å²) >= 11 is 0. The lowest BCUT2D eigenvalue weighted by Gasteiger charge is -2.15. The van der Waals surface area contributed by atoms with Crippen LogP contribution in [0.15, 0.2) is 12.4 Å². The van der Waals surface area contributed by atoms with E-state index in [1.807, 2.05) is 6.92 Å². The van der Waals surface area contributed by atoms with Crippen LogP contribution in [0.5, 0.6) is 0 Å². The molecule has 0 fully saturated rings. The van der Waals surface area contributed by atoms with Crippen molar-refractivity contribution in [1.29, 1.82) is 0 Å². The second-order valence-corrected chi connectivity index (χ2v) is 3.51. The van der Waals surface area contributed by atoms with Crippen molar-refractivity contribution in [3.63, 3.8) is 0 Å². The zero-order valence-corrected chi connectivity index (χ0v) is 9.45. The third kappa shape index (κ3) is 4.48. The van der Waals surface area contributed by atoms with E-state index >= 15 is 0 Å². The van der Waals surface area contributed by atoms with Crippen LogP contribution in [0, 0.1) is 0 Å². The Morgan fingerprint density at radius 3 is 2.62 bits per heavy atom. The number of alkyl halides is 2. The van der Waals surface area contributed by atoms with Crippen LogP contribution >= 0.6 is 0 Å². The Hall–Kier alpha value is -1.30. The number of hydrogen-bond donors (Lipinski definition) is 1. The van der Waals surface area contributed by atoms with Crippen molar-refractivity contribution >= 4 is 5.82 Å². The number of nitrogens with zero attached hydrogens (tertiary/aromatic N) is 3. The van der Waals surface area contributed by atoms with E-state index < -0.39 is 6.43 Å².